The van der Waals surface area contributed by atoms with Crippen molar-refractivity contribution in [3.63, 3.8) is 0 Å². The molecule has 3 rings (SSSR count). The third-order valence-corrected chi connectivity index (χ3v) is 3.81. The van der Waals surface area contributed by atoms with Gasteiger partial charge in [0.25, 0.3) is 5.91 Å². The van der Waals surface area contributed by atoms with Crippen LogP contribution in [0.5, 0.6) is 5.75 Å². The molecule has 0 bridgehead atoms. The van der Waals surface area contributed by atoms with Gasteiger partial charge in [0, 0.05) is 23.9 Å². The molecule has 0 aliphatic carbocycles. The topological polar surface area (TPSA) is 90.1 Å². The van der Waals surface area contributed by atoms with E-state index in [2.05, 4.69) is 15.3 Å². The Morgan fingerprint density at radius 2 is 2.00 bits per heavy atom. The van der Waals surface area contributed by atoms with Crippen LogP contribution in [0.3, 0.4) is 0 Å². The smallest absolute Gasteiger partial charge is 0.271 e. The molecule has 6 nitrogen and oxygen atoms in total. The van der Waals surface area contributed by atoms with Crippen molar-refractivity contribution in [3.8, 4) is 5.75 Å². The number of nitrogen functional groups attached to an aromatic ring is 1. The fourth-order valence-corrected chi connectivity index (χ4v) is 2.74. The van der Waals surface area contributed by atoms with Crippen LogP contribution in [0.4, 0.5) is 5.69 Å². The maximum atomic E-state index is 12.4. The van der Waals surface area contributed by atoms with E-state index in [1.54, 1.807) is 12.3 Å². The number of aromatic nitrogens is 2. The fraction of sp³-hybridized carbons (Fsp3) is 0.353. The minimum absolute atomic E-state index is 0. The number of nitrogens with two attached hydrogens (primary N) is 1. The van der Waals surface area contributed by atoms with Crippen LogP contribution in [0.2, 0.25) is 0 Å². The van der Waals surface area contributed by atoms with Crippen LogP contribution in [0.15, 0.2) is 30.6 Å². The minimum Gasteiger partial charge on any atom is -0.487 e. The number of hydrogen-bond acceptors (Lipinski definition) is 5. The standard InChI is InChI=1S/C17H20N4O2.2ClH/c1-10-8-20-14(9-19-10)16(22)21-13-7-17(2,3)23-15-5-4-11(18)6-12(13)15;;/h4-6,8-9,13H,7,18H2,1-3H3,(H,21,22);2*1H. The van der Waals surface area contributed by atoms with Crippen molar-refractivity contribution in [3.05, 3.63) is 47.5 Å². The molecule has 1 aliphatic heterocycles. The summed E-state index contributed by atoms with van der Waals surface area (Å²) in [6.45, 7) is 5.82. The van der Waals surface area contributed by atoms with E-state index in [0.29, 0.717) is 17.8 Å². The first-order chi connectivity index (χ1) is 10.8. The van der Waals surface area contributed by atoms with Gasteiger partial charge in [-0.2, -0.15) is 0 Å². The molecule has 3 N–H and O–H groups in total. The molecular formula is C17H22Cl2N4O2. The SMILES string of the molecule is Cc1cnc(C(=O)NC2CC(C)(C)Oc3ccc(N)cc32)cn1.Cl.Cl. The minimum atomic E-state index is -0.375. The second-order valence-corrected chi connectivity index (χ2v) is 6.43. The molecule has 136 valence electrons. The zero-order valence-corrected chi connectivity index (χ0v) is 15.9. The highest BCUT2D eigenvalue weighted by molar-refractivity contribution is 5.92. The number of rotatable bonds is 2. The Morgan fingerprint density at radius 1 is 1.28 bits per heavy atom. The first-order valence-corrected chi connectivity index (χ1v) is 7.52. The van der Waals surface area contributed by atoms with E-state index >= 15 is 0 Å². The summed E-state index contributed by atoms with van der Waals surface area (Å²) in [4.78, 5) is 20.7. The summed E-state index contributed by atoms with van der Waals surface area (Å²) in [6, 6.07) is 5.30. The summed E-state index contributed by atoms with van der Waals surface area (Å²) < 4.78 is 5.97. The number of anilines is 1. The monoisotopic (exact) mass is 384 g/mol. The molecular weight excluding hydrogens is 363 g/mol. The van der Waals surface area contributed by atoms with Gasteiger partial charge >= 0.3 is 0 Å². The van der Waals surface area contributed by atoms with Gasteiger partial charge in [0.05, 0.1) is 17.9 Å². The highest BCUT2D eigenvalue weighted by Gasteiger charge is 2.34. The number of fused-ring (bicyclic) bond motifs is 1. The molecule has 2 heterocycles. The highest BCUT2D eigenvalue weighted by Crippen LogP contribution is 2.40. The molecule has 1 unspecified atom stereocenters. The Labute approximate surface area is 159 Å². The number of carbonyl (C=O) groups is 1. The number of ether oxygens (including phenoxy) is 1. The van der Waals surface area contributed by atoms with Gasteiger partial charge in [0.15, 0.2) is 0 Å². The lowest BCUT2D eigenvalue weighted by Crippen LogP contribution is -2.41. The number of nitrogens with zero attached hydrogens (tertiary/aromatic N) is 2. The van der Waals surface area contributed by atoms with Crippen LogP contribution in [-0.2, 0) is 0 Å². The van der Waals surface area contributed by atoms with Gasteiger partial charge in [-0.05, 0) is 39.0 Å². The lowest BCUT2D eigenvalue weighted by molar-refractivity contribution is 0.0618. The number of carbonyl (C=O) groups excluding carboxylic acids is 1. The molecule has 1 aliphatic rings. The summed E-state index contributed by atoms with van der Waals surface area (Å²) in [6.07, 6.45) is 3.71. The van der Waals surface area contributed by atoms with Crippen molar-refractivity contribution in [1.82, 2.24) is 15.3 Å². The van der Waals surface area contributed by atoms with Gasteiger partial charge in [0.1, 0.15) is 17.0 Å². The van der Waals surface area contributed by atoms with E-state index in [0.717, 1.165) is 17.0 Å². The van der Waals surface area contributed by atoms with Gasteiger partial charge in [0.2, 0.25) is 0 Å². The van der Waals surface area contributed by atoms with Crippen molar-refractivity contribution in [2.75, 3.05) is 5.73 Å². The molecule has 25 heavy (non-hydrogen) atoms. The van der Waals surface area contributed by atoms with Gasteiger partial charge < -0.3 is 15.8 Å². The average molecular weight is 385 g/mol. The molecule has 1 aromatic heterocycles. The van der Waals surface area contributed by atoms with Crippen molar-refractivity contribution >= 4 is 36.4 Å². The Kier molecular flexibility index (Phi) is 6.62. The lowest BCUT2D eigenvalue weighted by Gasteiger charge is -2.38. The predicted octanol–water partition coefficient (Wildman–Crippen LogP) is 3.24. The van der Waals surface area contributed by atoms with E-state index in [1.165, 1.54) is 6.20 Å². The van der Waals surface area contributed by atoms with Gasteiger partial charge in [-0.15, -0.1) is 24.8 Å². The molecule has 1 aromatic carbocycles. The molecule has 8 heteroatoms. The van der Waals surface area contributed by atoms with Crippen LogP contribution in [0, 0.1) is 6.92 Å². The summed E-state index contributed by atoms with van der Waals surface area (Å²) >= 11 is 0. The number of halogens is 2. The predicted molar refractivity (Wildman–Crippen MR) is 102 cm³/mol. The summed E-state index contributed by atoms with van der Waals surface area (Å²) in [5.74, 6) is 0.490. The van der Waals surface area contributed by atoms with E-state index in [4.69, 9.17) is 10.5 Å². The maximum Gasteiger partial charge on any atom is 0.271 e. The van der Waals surface area contributed by atoms with E-state index in [1.807, 2.05) is 32.9 Å². The van der Waals surface area contributed by atoms with Crippen molar-refractivity contribution in [2.45, 2.75) is 38.8 Å². The summed E-state index contributed by atoms with van der Waals surface area (Å²) in [5, 5.41) is 3.02. The molecule has 0 radical (unpaired) electrons. The van der Waals surface area contributed by atoms with Gasteiger partial charge in [-0.3, -0.25) is 9.78 Å². The Bertz CT molecular complexity index is 751. The van der Waals surface area contributed by atoms with Crippen LogP contribution in [-0.4, -0.2) is 21.5 Å². The number of hydrogen-bond donors (Lipinski definition) is 2. The second kappa shape index (κ2) is 7.89. The molecule has 0 saturated carbocycles. The maximum absolute atomic E-state index is 12.4. The zero-order valence-electron chi connectivity index (χ0n) is 14.3. The lowest BCUT2D eigenvalue weighted by atomic mass is 9.89. The highest BCUT2D eigenvalue weighted by atomic mass is 35.5. The van der Waals surface area contributed by atoms with E-state index in [-0.39, 0.29) is 42.4 Å². The van der Waals surface area contributed by atoms with E-state index in [9.17, 15) is 4.79 Å². The molecule has 1 amide bonds. The average Bonchev–Trinajstić information content (AvgIpc) is 2.48. The Balaban J connectivity index is 0.00000156. The Morgan fingerprint density at radius 3 is 2.64 bits per heavy atom. The first-order valence-electron chi connectivity index (χ1n) is 7.52. The van der Waals surface area contributed by atoms with Crippen molar-refractivity contribution in [1.29, 1.82) is 0 Å². The van der Waals surface area contributed by atoms with Crippen molar-refractivity contribution < 1.29 is 9.53 Å². The number of aryl methyl sites for hydroxylation is 1. The first kappa shape index (κ1) is 21.0. The van der Waals surface area contributed by atoms with Crippen LogP contribution < -0.4 is 15.8 Å². The van der Waals surface area contributed by atoms with Crippen LogP contribution in [0.25, 0.3) is 0 Å². The molecule has 2 aromatic rings. The number of benzene rings is 1. The largest absolute Gasteiger partial charge is 0.487 e. The second-order valence-electron chi connectivity index (χ2n) is 6.43. The normalized spacial score (nSPS) is 17.2. The van der Waals surface area contributed by atoms with Gasteiger partial charge in [-0.25, -0.2) is 4.98 Å². The van der Waals surface area contributed by atoms with Crippen LogP contribution in [0.1, 0.15) is 48.1 Å². The number of nitrogens with one attached hydrogen (secondary N) is 1. The zero-order chi connectivity index (χ0) is 16.6. The van der Waals surface area contributed by atoms with E-state index < -0.39 is 0 Å². The fourth-order valence-electron chi connectivity index (χ4n) is 2.74. The third-order valence-electron chi connectivity index (χ3n) is 3.81. The molecule has 0 spiro atoms. The third kappa shape index (κ3) is 4.74. The van der Waals surface area contributed by atoms with Crippen molar-refractivity contribution in [2.24, 2.45) is 0 Å². The Hall–Kier alpha value is -2.05. The van der Waals surface area contributed by atoms with Crippen LogP contribution >= 0.6 is 24.8 Å². The van der Waals surface area contributed by atoms with Gasteiger partial charge in [-0.1, -0.05) is 0 Å². The molecule has 1 atom stereocenters. The summed E-state index contributed by atoms with van der Waals surface area (Å²) in [5.41, 5.74) is 8.10. The molecule has 0 saturated heterocycles. The summed E-state index contributed by atoms with van der Waals surface area (Å²) in [7, 11) is 0. The quantitative estimate of drug-likeness (QED) is 0.775. The molecule has 0 fully saturated rings. The number of amides is 1.